The molecule has 4 nitrogen and oxygen atoms in total. The summed E-state index contributed by atoms with van der Waals surface area (Å²) in [6, 6.07) is 7.18. The van der Waals surface area contributed by atoms with Crippen LogP contribution in [0.4, 0.5) is 5.69 Å². The highest BCUT2D eigenvalue weighted by molar-refractivity contribution is 7.84. The van der Waals surface area contributed by atoms with Crippen LogP contribution in [0.2, 0.25) is 0 Å². The van der Waals surface area contributed by atoms with E-state index >= 15 is 0 Å². The van der Waals surface area contributed by atoms with Crippen LogP contribution >= 0.6 is 12.4 Å². The van der Waals surface area contributed by atoms with Gasteiger partial charge in [-0.25, -0.2) is 0 Å². The lowest BCUT2D eigenvalue weighted by molar-refractivity contribution is -0.119. The van der Waals surface area contributed by atoms with Crippen molar-refractivity contribution in [3.8, 4) is 0 Å². The second kappa shape index (κ2) is 6.87. The fraction of sp³-hybridized carbons (Fsp3) is 0.417. The Kier molecular flexibility index (Phi) is 5.78. The number of hydrogen-bond donors (Lipinski definition) is 2. The molecule has 0 aliphatic carbocycles. The Labute approximate surface area is 115 Å². The molecule has 1 aromatic carbocycles. The van der Waals surface area contributed by atoms with Crippen molar-refractivity contribution in [3.05, 3.63) is 24.3 Å². The van der Waals surface area contributed by atoms with E-state index in [9.17, 15) is 9.00 Å². The Morgan fingerprint density at radius 1 is 1.50 bits per heavy atom. The van der Waals surface area contributed by atoms with E-state index < -0.39 is 10.8 Å². The maximum Gasteiger partial charge on any atom is 0.228 e. The van der Waals surface area contributed by atoms with Crippen LogP contribution in [-0.2, 0) is 15.6 Å². The molecule has 1 saturated heterocycles. The lowest BCUT2D eigenvalue weighted by Crippen LogP contribution is -2.24. The zero-order valence-electron chi connectivity index (χ0n) is 10.1. The number of hydrogen-bond acceptors (Lipinski definition) is 3. The van der Waals surface area contributed by atoms with Gasteiger partial charge in [-0.2, -0.15) is 0 Å². The maximum atomic E-state index is 11.9. The molecule has 1 aliphatic heterocycles. The average molecular weight is 289 g/mol. The van der Waals surface area contributed by atoms with Crippen LogP contribution < -0.4 is 10.6 Å². The van der Waals surface area contributed by atoms with Crippen molar-refractivity contribution in [2.75, 3.05) is 24.7 Å². The molecule has 1 aliphatic rings. The van der Waals surface area contributed by atoms with Crippen molar-refractivity contribution < 1.29 is 9.00 Å². The summed E-state index contributed by atoms with van der Waals surface area (Å²) in [5.41, 5.74) is 0.717. The maximum absolute atomic E-state index is 11.9. The van der Waals surface area contributed by atoms with Crippen molar-refractivity contribution in [2.24, 2.45) is 5.92 Å². The van der Waals surface area contributed by atoms with Gasteiger partial charge < -0.3 is 10.6 Å². The van der Waals surface area contributed by atoms with Crippen LogP contribution in [0.5, 0.6) is 0 Å². The van der Waals surface area contributed by atoms with Gasteiger partial charge >= 0.3 is 0 Å². The molecule has 0 bridgehead atoms. The first-order valence-electron chi connectivity index (χ1n) is 5.62. The monoisotopic (exact) mass is 288 g/mol. The molecule has 0 spiro atoms. The lowest BCUT2D eigenvalue weighted by atomic mass is 10.1. The molecule has 1 aromatic rings. The van der Waals surface area contributed by atoms with Gasteiger partial charge in [-0.3, -0.25) is 9.00 Å². The first-order valence-corrected chi connectivity index (χ1v) is 7.17. The van der Waals surface area contributed by atoms with E-state index in [1.54, 1.807) is 24.5 Å². The normalized spacial score (nSPS) is 19.9. The SMILES string of the molecule is CS(=O)c1cccc(NC(=O)C2CCNC2)c1.Cl. The predicted octanol–water partition coefficient (Wildman–Crippen LogP) is 1.39. The number of nitrogens with one attached hydrogen (secondary N) is 2. The molecular weight excluding hydrogens is 272 g/mol. The minimum atomic E-state index is -1.02. The molecule has 18 heavy (non-hydrogen) atoms. The summed E-state index contributed by atoms with van der Waals surface area (Å²) in [4.78, 5) is 12.6. The van der Waals surface area contributed by atoms with Gasteiger partial charge in [0, 0.05) is 34.2 Å². The molecule has 2 N–H and O–H groups in total. The van der Waals surface area contributed by atoms with E-state index in [1.165, 1.54) is 0 Å². The van der Waals surface area contributed by atoms with Crippen molar-refractivity contribution in [2.45, 2.75) is 11.3 Å². The molecular formula is C12H17ClN2O2S. The van der Waals surface area contributed by atoms with Crippen LogP contribution in [0.3, 0.4) is 0 Å². The predicted molar refractivity (Wildman–Crippen MR) is 75.6 cm³/mol. The van der Waals surface area contributed by atoms with Gasteiger partial charge in [0.15, 0.2) is 0 Å². The average Bonchev–Trinajstić information content (AvgIpc) is 2.82. The minimum Gasteiger partial charge on any atom is -0.326 e. The van der Waals surface area contributed by atoms with Crippen LogP contribution in [0.15, 0.2) is 29.2 Å². The third-order valence-corrected chi connectivity index (χ3v) is 3.78. The summed E-state index contributed by atoms with van der Waals surface area (Å²) in [6.45, 7) is 1.64. The van der Waals surface area contributed by atoms with Crippen LogP contribution in [0, 0.1) is 5.92 Å². The van der Waals surface area contributed by atoms with E-state index in [2.05, 4.69) is 10.6 Å². The van der Waals surface area contributed by atoms with Gasteiger partial charge in [0.2, 0.25) is 5.91 Å². The number of anilines is 1. The summed E-state index contributed by atoms with van der Waals surface area (Å²) in [7, 11) is -1.02. The van der Waals surface area contributed by atoms with Gasteiger partial charge in [-0.05, 0) is 31.2 Å². The van der Waals surface area contributed by atoms with Gasteiger partial charge in [-0.15, -0.1) is 12.4 Å². The van der Waals surface area contributed by atoms with Gasteiger partial charge in [0.05, 0.1) is 5.92 Å². The third kappa shape index (κ3) is 3.80. The third-order valence-electron chi connectivity index (χ3n) is 2.86. The van der Waals surface area contributed by atoms with E-state index in [4.69, 9.17) is 0 Å². The zero-order chi connectivity index (χ0) is 12.3. The molecule has 2 atom stereocenters. The summed E-state index contributed by atoms with van der Waals surface area (Å²) >= 11 is 0. The number of carbonyl (C=O) groups is 1. The smallest absolute Gasteiger partial charge is 0.228 e. The Hall–Kier alpha value is -0.910. The highest BCUT2D eigenvalue weighted by Gasteiger charge is 2.22. The number of halogens is 1. The second-order valence-corrected chi connectivity index (χ2v) is 5.54. The van der Waals surface area contributed by atoms with Crippen molar-refractivity contribution in [1.29, 1.82) is 0 Å². The number of carbonyl (C=O) groups excluding carboxylic acids is 1. The number of amides is 1. The molecule has 2 rings (SSSR count). The molecule has 1 heterocycles. The Bertz CT molecular complexity index is 447. The van der Waals surface area contributed by atoms with Crippen LogP contribution in [-0.4, -0.2) is 29.5 Å². The molecule has 6 heteroatoms. The van der Waals surface area contributed by atoms with Crippen molar-refractivity contribution in [3.63, 3.8) is 0 Å². The topological polar surface area (TPSA) is 58.2 Å². The molecule has 0 aromatic heterocycles. The summed E-state index contributed by atoms with van der Waals surface area (Å²) < 4.78 is 11.3. The Morgan fingerprint density at radius 2 is 2.28 bits per heavy atom. The molecule has 0 saturated carbocycles. The van der Waals surface area contributed by atoms with Crippen LogP contribution in [0.1, 0.15) is 6.42 Å². The van der Waals surface area contributed by atoms with Crippen molar-refractivity contribution >= 4 is 34.8 Å². The van der Waals surface area contributed by atoms with Crippen molar-refractivity contribution in [1.82, 2.24) is 5.32 Å². The molecule has 2 unspecified atom stereocenters. The van der Waals surface area contributed by atoms with E-state index in [0.717, 1.165) is 30.1 Å². The van der Waals surface area contributed by atoms with E-state index in [1.807, 2.05) is 6.07 Å². The molecule has 1 fully saturated rings. The minimum absolute atomic E-state index is 0. The largest absolute Gasteiger partial charge is 0.326 e. The molecule has 1 amide bonds. The molecule has 100 valence electrons. The fourth-order valence-electron chi connectivity index (χ4n) is 1.88. The van der Waals surface area contributed by atoms with Gasteiger partial charge in [0.25, 0.3) is 0 Å². The first kappa shape index (κ1) is 15.1. The number of benzene rings is 1. The van der Waals surface area contributed by atoms with E-state index in [-0.39, 0.29) is 24.2 Å². The fourth-order valence-corrected chi connectivity index (χ4v) is 2.44. The van der Waals surface area contributed by atoms with Crippen LogP contribution in [0.25, 0.3) is 0 Å². The lowest BCUT2D eigenvalue weighted by Gasteiger charge is -2.10. The highest BCUT2D eigenvalue weighted by atomic mass is 35.5. The Morgan fingerprint density at radius 3 is 2.89 bits per heavy atom. The van der Waals surface area contributed by atoms with Gasteiger partial charge in [0.1, 0.15) is 0 Å². The first-order chi connectivity index (χ1) is 8.16. The second-order valence-electron chi connectivity index (χ2n) is 4.16. The summed E-state index contributed by atoms with van der Waals surface area (Å²) in [6.07, 6.45) is 2.51. The quantitative estimate of drug-likeness (QED) is 0.884. The van der Waals surface area contributed by atoms with Gasteiger partial charge in [-0.1, -0.05) is 6.07 Å². The summed E-state index contributed by atoms with van der Waals surface area (Å²) in [5.74, 6) is 0.0832. The Balaban J connectivity index is 0.00000162. The van der Waals surface area contributed by atoms with E-state index in [0.29, 0.717) is 0 Å². The molecule has 0 radical (unpaired) electrons. The summed E-state index contributed by atoms with van der Waals surface area (Å²) in [5, 5.41) is 6.02. The zero-order valence-corrected chi connectivity index (χ0v) is 11.8. The standard InChI is InChI=1S/C12H16N2O2S.ClH/c1-17(16)11-4-2-3-10(7-11)14-12(15)9-5-6-13-8-9;/h2-4,7,9,13H,5-6,8H2,1H3,(H,14,15);1H. The number of rotatable bonds is 3. The highest BCUT2D eigenvalue weighted by Crippen LogP contribution is 2.16.